The van der Waals surface area contributed by atoms with E-state index in [0.717, 1.165) is 0 Å². The quantitative estimate of drug-likeness (QED) is 0.528. The van der Waals surface area contributed by atoms with Gasteiger partial charge >= 0.3 is 7.60 Å². The Balaban J connectivity index is 1.98. The summed E-state index contributed by atoms with van der Waals surface area (Å²) in [5.74, 6) is -0.833. The molecule has 0 bridgehead atoms. The van der Waals surface area contributed by atoms with E-state index in [4.69, 9.17) is 20.3 Å². The smallest absolute Gasteiger partial charge is 0.327 e. The number of hydrogen-bond acceptors (Lipinski definition) is 5. The van der Waals surface area contributed by atoms with E-state index in [1.54, 1.807) is 29.2 Å². The number of nitrogens with two attached hydrogens (primary N) is 1. The van der Waals surface area contributed by atoms with Gasteiger partial charge in [0.1, 0.15) is 6.61 Å². The summed E-state index contributed by atoms with van der Waals surface area (Å²) in [5, 5.41) is 2.47. The average Bonchev–Trinajstić information content (AvgIpc) is 2.47. The van der Waals surface area contributed by atoms with Gasteiger partial charge in [-0.15, -0.1) is 0 Å². The van der Waals surface area contributed by atoms with Crippen LogP contribution < -0.4 is 16.0 Å². The minimum absolute atomic E-state index is 0.0374. The molecule has 1 aliphatic heterocycles. The fourth-order valence-electron chi connectivity index (χ4n) is 2.09. The Bertz CT molecular complexity index is 629. The summed E-state index contributed by atoms with van der Waals surface area (Å²) in [6, 6.07) is 5.18. The van der Waals surface area contributed by atoms with E-state index in [1.807, 2.05) is 0 Å². The standard InChI is InChI=1S/C13H18N3O6P/c14-11(8-23(19,20)21)13(18)15-9-1-3-10(4-2-9)16-5-6-22-7-12(16)17/h1-4,11H,5-8,14H2,(H,15,18)(H2,19,20,21). The van der Waals surface area contributed by atoms with Gasteiger partial charge in [0.05, 0.1) is 18.8 Å². The van der Waals surface area contributed by atoms with Crippen LogP contribution in [0, 0.1) is 0 Å². The van der Waals surface area contributed by atoms with Crippen LogP contribution >= 0.6 is 7.60 Å². The first kappa shape index (κ1) is 17.6. The number of anilines is 2. The molecule has 1 heterocycles. The van der Waals surface area contributed by atoms with Crippen molar-refractivity contribution in [1.82, 2.24) is 0 Å². The van der Waals surface area contributed by atoms with Crippen LogP contribution in [0.5, 0.6) is 0 Å². The van der Waals surface area contributed by atoms with E-state index in [2.05, 4.69) is 5.32 Å². The number of benzene rings is 1. The molecule has 2 amide bonds. The van der Waals surface area contributed by atoms with Crippen molar-refractivity contribution in [2.24, 2.45) is 5.73 Å². The molecule has 1 aromatic carbocycles. The normalized spacial score (nSPS) is 17.0. The zero-order valence-electron chi connectivity index (χ0n) is 12.2. The van der Waals surface area contributed by atoms with Crippen molar-refractivity contribution >= 4 is 30.8 Å². The lowest BCUT2D eigenvalue weighted by molar-refractivity contribution is -0.125. The minimum atomic E-state index is -4.36. The number of carbonyl (C=O) groups excluding carboxylic acids is 2. The molecular formula is C13H18N3O6P. The number of rotatable bonds is 5. The average molecular weight is 343 g/mol. The van der Waals surface area contributed by atoms with Gasteiger partial charge in [-0.3, -0.25) is 14.2 Å². The summed E-state index contributed by atoms with van der Waals surface area (Å²) in [6.45, 7) is 0.953. The highest BCUT2D eigenvalue weighted by molar-refractivity contribution is 7.51. The van der Waals surface area contributed by atoms with Crippen molar-refractivity contribution in [3.05, 3.63) is 24.3 Å². The van der Waals surface area contributed by atoms with Crippen LogP contribution in [0.4, 0.5) is 11.4 Å². The summed E-state index contributed by atoms with van der Waals surface area (Å²) >= 11 is 0. The zero-order valence-corrected chi connectivity index (χ0v) is 13.1. The van der Waals surface area contributed by atoms with Crippen LogP contribution in [0.15, 0.2) is 24.3 Å². The second kappa shape index (κ2) is 7.20. The fourth-order valence-corrected chi connectivity index (χ4v) is 2.77. The van der Waals surface area contributed by atoms with E-state index in [1.165, 1.54) is 0 Å². The molecule has 1 aliphatic rings. The van der Waals surface area contributed by atoms with E-state index < -0.39 is 25.7 Å². The summed E-state index contributed by atoms with van der Waals surface area (Å²) in [5.41, 5.74) is 6.54. The molecule has 0 saturated carbocycles. The molecule has 126 valence electrons. The predicted molar refractivity (Wildman–Crippen MR) is 83.1 cm³/mol. The first-order chi connectivity index (χ1) is 10.8. The maximum absolute atomic E-state index is 11.8. The summed E-state index contributed by atoms with van der Waals surface area (Å²) in [6.07, 6.45) is -0.723. The summed E-state index contributed by atoms with van der Waals surface area (Å²) in [7, 11) is -4.36. The monoisotopic (exact) mass is 343 g/mol. The molecule has 5 N–H and O–H groups in total. The highest BCUT2D eigenvalue weighted by atomic mass is 31.2. The van der Waals surface area contributed by atoms with Crippen LogP contribution in [0.2, 0.25) is 0 Å². The van der Waals surface area contributed by atoms with Gasteiger partial charge in [-0.1, -0.05) is 0 Å². The molecule has 0 radical (unpaired) electrons. The largest absolute Gasteiger partial charge is 0.370 e. The number of nitrogens with zero attached hydrogens (tertiary/aromatic N) is 1. The third-order valence-electron chi connectivity index (χ3n) is 3.20. The highest BCUT2D eigenvalue weighted by Gasteiger charge is 2.24. The Morgan fingerprint density at radius 3 is 2.61 bits per heavy atom. The number of ether oxygens (including phenoxy) is 1. The Hall–Kier alpha value is -1.77. The number of hydrogen-bond donors (Lipinski definition) is 4. The lowest BCUT2D eigenvalue weighted by Crippen LogP contribution is -2.41. The molecule has 1 unspecified atom stereocenters. The van der Waals surface area contributed by atoms with Crippen molar-refractivity contribution in [3.8, 4) is 0 Å². The maximum Gasteiger partial charge on any atom is 0.327 e. The summed E-state index contributed by atoms with van der Waals surface area (Å²) in [4.78, 5) is 42.7. The Kier molecular flexibility index (Phi) is 5.51. The lowest BCUT2D eigenvalue weighted by Gasteiger charge is -2.27. The molecule has 2 rings (SSSR count). The molecule has 9 nitrogen and oxygen atoms in total. The SMILES string of the molecule is NC(CP(=O)(O)O)C(=O)Nc1ccc(N2CCOCC2=O)cc1. The third-order valence-corrected chi connectivity index (χ3v) is 4.07. The van der Waals surface area contributed by atoms with Gasteiger partial charge in [-0.2, -0.15) is 0 Å². The first-order valence-electron chi connectivity index (χ1n) is 6.85. The van der Waals surface area contributed by atoms with Crippen LogP contribution in [0.3, 0.4) is 0 Å². The number of carbonyl (C=O) groups is 2. The van der Waals surface area contributed by atoms with Gasteiger partial charge in [-0.05, 0) is 24.3 Å². The number of amides is 2. The third kappa shape index (κ3) is 5.12. The van der Waals surface area contributed by atoms with Gasteiger partial charge < -0.3 is 30.5 Å². The van der Waals surface area contributed by atoms with E-state index >= 15 is 0 Å². The lowest BCUT2D eigenvalue weighted by atomic mass is 10.2. The molecule has 0 spiro atoms. The molecular weight excluding hydrogens is 325 g/mol. The van der Waals surface area contributed by atoms with E-state index in [9.17, 15) is 14.2 Å². The van der Waals surface area contributed by atoms with Gasteiger partial charge in [0.15, 0.2) is 0 Å². The van der Waals surface area contributed by atoms with Crippen LogP contribution in [0.1, 0.15) is 0 Å². The molecule has 23 heavy (non-hydrogen) atoms. The van der Waals surface area contributed by atoms with Gasteiger partial charge in [0.2, 0.25) is 5.91 Å². The molecule has 10 heteroatoms. The maximum atomic E-state index is 11.8. The zero-order chi connectivity index (χ0) is 17.0. The molecule has 1 aromatic rings. The summed E-state index contributed by atoms with van der Waals surface area (Å²) < 4.78 is 15.9. The number of nitrogens with one attached hydrogen (secondary N) is 1. The number of morpholine rings is 1. The molecule has 1 fully saturated rings. The predicted octanol–water partition coefficient (Wildman–Crippen LogP) is -0.507. The Labute approximate surface area is 132 Å². The van der Waals surface area contributed by atoms with Crippen LogP contribution in [-0.2, 0) is 18.9 Å². The Morgan fingerprint density at radius 1 is 1.39 bits per heavy atom. The van der Waals surface area contributed by atoms with Crippen molar-refractivity contribution in [3.63, 3.8) is 0 Å². The topological polar surface area (TPSA) is 142 Å². The van der Waals surface area contributed by atoms with Crippen molar-refractivity contribution in [2.45, 2.75) is 6.04 Å². The second-order valence-corrected chi connectivity index (χ2v) is 6.78. The fraction of sp³-hybridized carbons (Fsp3) is 0.385. The van der Waals surface area contributed by atoms with E-state index in [-0.39, 0.29) is 12.5 Å². The minimum Gasteiger partial charge on any atom is -0.370 e. The molecule has 1 atom stereocenters. The van der Waals surface area contributed by atoms with Gasteiger partial charge in [-0.25, -0.2) is 0 Å². The highest BCUT2D eigenvalue weighted by Crippen LogP contribution is 2.34. The Morgan fingerprint density at radius 2 is 2.04 bits per heavy atom. The first-order valence-corrected chi connectivity index (χ1v) is 8.65. The van der Waals surface area contributed by atoms with Crippen LogP contribution in [0.25, 0.3) is 0 Å². The molecule has 0 aliphatic carbocycles. The van der Waals surface area contributed by atoms with Gasteiger partial charge in [0, 0.05) is 17.9 Å². The second-order valence-electron chi connectivity index (χ2n) is 5.09. The van der Waals surface area contributed by atoms with Gasteiger partial charge in [0.25, 0.3) is 5.91 Å². The van der Waals surface area contributed by atoms with Crippen molar-refractivity contribution < 1.29 is 28.7 Å². The molecule has 1 saturated heterocycles. The van der Waals surface area contributed by atoms with Crippen molar-refractivity contribution in [1.29, 1.82) is 0 Å². The molecule has 0 aromatic heterocycles. The van der Waals surface area contributed by atoms with E-state index in [0.29, 0.717) is 24.5 Å². The van der Waals surface area contributed by atoms with Crippen molar-refractivity contribution in [2.75, 3.05) is 36.1 Å². The van der Waals surface area contributed by atoms with Crippen LogP contribution in [-0.4, -0.2) is 53.6 Å².